The van der Waals surface area contributed by atoms with E-state index in [9.17, 15) is 13.2 Å². The average molecular weight is 381 g/mol. The lowest BCUT2D eigenvalue weighted by Gasteiger charge is -2.33. The molecular weight excluding hydrogens is 354 g/mol. The molecule has 26 heavy (non-hydrogen) atoms. The molecule has 0 aromatic heterocycles. The maximum Gasteiger partial charge on any atom is 0.318 e. The predicted octanol–water partition coefficient (Wildman–Crippen LogP) is 1.97. The summed E-state index contributed by atoms with van der Waals surface area (Å²) in [5.41, 5.74) is 1.07. The summed E-state index contributed by atoms with van der Waals surface area (Å²) in [5.74, 6) is 0.783. The summed E-state index contributed by atoms with van der Waals surface area (Å²) in [6.07, 6.45) is 4.65. The molecule has 8 heteroatoms. The first-order valence-corrected chi connectivity index (χ1v) is 10.9. The predicted molar refractivity (Wildman–Crippen MR) is 99.6 cm³/mol. The third-order valence-corrected chi connectivity index (χ3v) is 6.44. The normalized spacial score (nSPS) is 24.5. The molecule has 1 N–H and O–H groups in total. The van der Waals surface area contributed by atoms with Crippen LogP contribution in [0.3, 0.4) is 0 Å². The maximum atomic E-state index is 12.8. The molecule has 2 unspecified atom stereocenters. The molecule has 2 aliphatic rings. The van der Waals surface area contributed by atoms with Gasteiger partial charge in [-0.25, -0.2) is 17.5 Å². The summed E-state index contributed by atoms with van der Waals surface area (Å²) in [5, 5.41) is 3.04. The highest BCUT2D eigenvalue weighted by molar-refractivity contribution is 7.88. The van der Waals surface area contributed by atoms with Crippen LogP contribution in [-0.4, -0.2) is 62.7 Å². The van der Waals surface area contributed by atoms with E-state index in [2.05, 4.69) is 5.32 Å². The maximum absolute atomic E-state index is 12.8. The van der Waals surface area contributed by atoms with Crippen molar-refractivity contribution in [1.82, 2.24) is 14.5 Å². The summed E-state index contributed by atoms with van der Waals surface area (Å²) < 4.78 is 30.3. The second-order valence-electron chi connectivity index (χ2n) is 7.04. The number of likely N-dealkylation sites (tertiary alicyclic amines) is 1. The molecule has 2 amide bonds. The van der Waals surface area contributed by atoms with Crippen LogP contribution in [0.1, 0.15) is 37.3 Å². The number of carbonyl (C=O) groups excluding carboxylic acids is 1. The molecule has 144 valence electrons. The van der Waals surface area contributed by atoms with Gasteiger partial charge in [-0.3, -0.25) is 0 Å². The van der Waals surface area contributed by atoms with Gasteiger partial charge >= 0.3 is 6.03 Å². The number of sulfonamides is 1. The molecule has 0 radical (unpaired) electrons. The zero-order valence-corrected chi connectivity index (χ0v) is 16.2. The van der Waals surface area contributed by atoms with E-state index in [4.69, 9.17) is 4.74 Å². The largest absolute Gasteiger partial charge is 0.497 e. The van der Waals surface area contributed by atoms with Gasteiger partial charge in [0.25, 0.3) is 0 Å². The number of hydrogen-bond acceptors (Lipinski definition) is 4. The Balaban J connectivity index is 1.66. The minimum Gasteiger partial charge on any atom is -0.497 e. The molecule has 2 saturated heterocycles. The average Bonchev–Trinajstić information content (AvgIpc) is 3.11. The number of carbonyl (C=O) groups is 1. The first-order valence-electron chi connectivity index (χ1n) is 9.04. The molecule has 2 atom stereocenters. The number of benzene rings is 1. The Bertz CT molecular complexity index is 753. The fourth-order valence-corrected chi connectivity index (χ4v) is 4.74. The monoisotopic (exact) mass is 381 g/mol. The number of amides is 2. The van der Waals surface area contributed by atoms with Crippen LogP contribution in [0.4, 0.5) is 4.79 Å². The van der Waals surface area contributed by atoms with Crippen LogP contribution in [0.2, 0.25) is 0 Å². The zero-order chi connectivity index (χ0) is 18.7. The Kier molecular flexibility index (Phi) is 5.72. The van der Waals surface area contributed by atoms with E-state index in [1.807, 2.05) is 29.2 Å². The molecular formula is C18H27N3O4S. The van der Waals surface area contributed by atoms with Gasteiger partial charge in [0, 0.05) is 25.7 Å². The van der Waals surface area contributed by atoms with Gasteiger partial charge in [0.1, 0.15) is 5.75 Å². The third-order valence-electron chi connectivity index (χ3n) is 5.17. The number of ether oxygens (including phenoxy) is 1. The Morgan fingerprint density at radius 3 is 2.73 bits per heavy atom. The standard InChI is InChI=1S/C18H27N3O4S/c1-25-16-8-3-6-14(12-16)17-9-5-11-21(17)18(22)19-15-7-4-10-20(13-15)26(2,23)24/h3,6,8,12,15,17H,4-5,7,9-11,13H2,1-2H3,(H,19,22). The first kappa shape index (κ1) is 19.0. The van der Waals surface area contributed by atoms with Gasteiger partial charge in [-0.05, 0) is 43.4 Å². The van der Waals surface area contributed by atoms with Crippen LogP contribution in [0.15, 0.2) is 24.3 Å². The van der Waals surface area contributed by atoms with Crippen LogP contribution in [0, 0.1) is 0 Å². The van der Waals surface area contributed by atoms with Crippen molar-refractivity contribution < 1.29 is 17.9 Å². The Hall–Kier alpha value is -1.80. The van der Waals surface area contributed by atoms with Gasteiger partial charge in [-0.1, -0.05) is 12.1 Å². The van der Waals surface area contributed by atoms with Crippen molar-refractivity contribution in [3.8, 4) is 5.75 Å². The van der Waals surface area contributed by atoms with Crippen molar-refractivity contribution in [2.24, 2.45) is 0 Å². The summed E-state index contributed by atoms with van der Waals surface area (Å²) in [4.78, 5) is 14.7. The molecule has 1 aromatic rings. The highest BCUT2D eigenvalue weighted by Gasteiger charge is 2.33. The topological polar surface area (TPSA) is 79.0 Å². The van der Waals surface area contributed by atoms with Crippen molar-refractivity contribution in [3.05, 3.63) is 29.8 Å². The van der Waals surface area contributed by atoms with Crippen LogP contribution in [-0.2, 0) is 10.0 Å². The number of nitrogens with one attached hydrogen (secondary N) is 1. The number of urea groups is 1. The Morgan fingerprint density at radius 1 is 1.23 bits per heavy atom. The lowest BCUT2D eigenvalue weighted by Crippen LogP contribution is -2.52. The molecule has 3 rings (SSSR count). The molecule has 2 fully saturated rings. The van der Waals surface area contributed by atoms with Crippen molar-refractivity contribution in [1.29, 1.82) is 0 Å². The molecule has 7 nitrogen and oxygen atoms in total. The molecule has 0 spiro atoms. The highest BCUT2D eigenvalue weighted by Crippen LogP contribution is 2.33. The van der Waals surface area contributed by atoms with E-state index in [0.717, 1.165) is 37.0 Å². The highest BCUT2D eigenvalue weighted by atomic mass is 32.2. The lowest BCUT2D eigenvalue weighted by atomic mass is 10.0. The molecule has 0 saturated carbocycles. The Labute approximate surface area is 155 Å². The number of hydrogen-bond donors (Lipinski definition) is 1. The fraction of sp³-hybridized carbons (Fsp3) is 0.611. The second-order valence-corrected chi connectivity index (χ2v) is 9.02. The van der Waals surface area contributed by atoms with E-state index in [1.54, 1.807) is 7.11 Å². The minimum absolute atomic E-state index is 0.0275. The Morgan fingerprint density at radius 2 is 2.00 bits per heavy atom. The van der Waals surface area contributed by atoms with Crippen molar-refractivity contribution in [2.45, 2.75) is 37.8 Å². The van der Waals surface area contributed by atoms with Gasteiger partial charge in [0.05, 0.1) is 19.4 Å². The fourth-order valence-electron chi connectivity index (χ4n) is 3.82. The summed E-state index contributed by atoms with van der Waals surface area (Å²) >= 11 is 0. The SMILES string of the molecule is COc1cccc(C2CCCN2C(=O)NC2CCCN(S(C)(=O)=O)C2)c1. The molecule has 2 aliphatic heterocycles. The molecule has 2 heterocycles. The van der Waals surface area contributed by atoms with Gasteiger partial charge in [0.2, 0.25) is 10.0 Å². The number of piperidine rings is 1. The molecule has 0 bridgehead atoms. The first-order chi connectivity index (χ1) is 12.4. The molecule has 1 aromatic carbocycles. The second kappa shape index (κ2) is 7.84. The van der Waals surface area contributed by atoms with Crippen LogP contribution in [0.5, 0.6) is 5.75 Å². The van der Waals surface area contributed by atoms with Gasteiger partial charge in [0.15, 0.2) is 0 Å². The van der Waals surface area contributed by atoms with E-state index < -0.39 is 10.0 Å². The number of nitrogens with zero attached hydrogens (tertiary/aromatic N) is 2. The quantitative estimate of drug-likeness (QED) is 0.865. The van der Waals surface area contributed by atoms with Crippen molar-refractivity contribution in [3.63, 3.8) is 0 Å². The van der Waals surface area contributed by atoms with Crippen LogP contribution in [0.25, 0.3) is 0 Å². The van der Waals surface area contributed by atoms with Gasteiger partial charge < -0.3 is 15.0 Å². The smallest absolute Gasteiger partial charge is 0.318 e. The summed E-state index contributed by atoms with van der Waals surface area (Å²) in [6.45, 7) is 1.58. The van der Waals surface area contributed by atoms with Crippen molar-refractivity contribution >= 4 is 16.1 Å². The van der Waals surface area contributed by atoms with Gasteiger partial charge in [-0.15, -0.1) is 0 Å². The van der Waals surface area contributed by atoms with Crippen molar-refractivity contribution in [2.75, 3.05) is 33.0 Å². The summed E-state index contributed by atoms with van der Waals surface area (Å²) in [6, 6.07) is 7.60. The summed E-state index contributed by atoms with van der Waals surface area (Å²) in [7, 11) is -1.59. The van der Waals surface area contributed by atoms with Crippen LogP contribution < -0.4 is 10.1 Å². The molecule has 0 aliphatic carbocycles. The van der Waals surface area contributed by atoms with E-state index in [0.29, 0.717) is 19.6 Å². The minimum atomic E-state index is -3.22. The zero-order valence-electron chi connectivity index (χ0n) is 15.3. The van der Waals surface area contributed by atoms with E-state index in [1.165, 1.54) is 10.6 Å². The number of rotatable bonds is 4. The van der Waals surface area contributed by atoms with Gasteiger partial charge in [-0.2, -0.15) is 0 Å². The third kappa shape index (κ3) is 4.29. The van der Waals surface area contributed by atoms with E-state index in [-0.39, 0.29) is 18.1 Å². The van der Waals surface area contributed by atoms with Crippen LogP contribution >= 0.6 is 0 Å². The van der Waals surface area contributed by atoms with E-state index >= 15 is 0 Å². The number of methoxy groups -OCH3 is 1. The lowest BCUT2D eigenvalue weighted by molar-refractivity contribution is 0.181.